The molecule has 6 nitrogen and oxygen atoms in total. The van der Waals surface area contributed by atoms with Gasteiger partial charge in [-0.15, -0.1) is 11.3 Å². The van der Waals surface area contributed by atoms with E-state index >= 15 is 0 Å². The number of nitrogens with zero attached hydrogens (tertiary/aromatic N) is 3. The normalized spacial score (nSPS) is 16.7. The van der Waals surface area contributed by atoms with Crippen molar-refractivity contribution in [1.29, 1.82) is 0 Å². The number of fused-ring (bicyclic) bond motifs is 1. The van der Waals surface area contributed by atoms with Crippen LogP contribution in [0.4, 0.5) is 0 Å². The summed E-state index contributed by atoms with van der Waals surface area (Å²) in [6.45, 7) is 3.67. The molecule has 0 spiro atoms. The Morgan fingerprint density at radius 1 is 1.42 bits per heavy atom. The SMILES string of the molecule is CCCC(=O)N1Cc2ccnn2[C@@H](CC(=O)NCc2cccs2)C1. The van der Waals surface area contributed by atoms with Gasteiger partial charge >= 0.3 is 0 Å². The van der Waals surface area contributed by atoms with E-state index in [2.05, 4.69) is 10.4 Å². The van der Waals surface area contributed by atoms with E-state index in [4.69, 9.17) is 0 Å². The van der Waals surface area contributed by atoms with Crippen LogP contribution in [0.3, 0.4) is 0 Å². The van der Waals surface area contributed by atoms with Crippen molar-refractivity contribution in [1.82, 2.24) is 20.0 Å². The largest absolute Gasteiger partial charge is 0.351 e. The summed E-state index contributed by atoms with van der Waals surface area (Å²) in [7, 11) is 0. The number of aromatic nitrogens is 2. The molecule has 3 heterocycles. The maximum absolute atomic E-state index is 12.3. The molecule has 128 valence electrons. The zero-order chi connectivity index (χ0) is 16.9. The first-order chi connectivity index (χ1) is 11.7. The molecular formula is C17H22N4O2S. The Kier molecular flexibility index (Phi) is 5.30. The number of hydrogen-bond donors (Lipinski definition) is 1. The Morgan fingerprint density at radius 3 is 3.04 bits per heavy atom. The number of nitrogens with one attached hydrogen (secondary N) is 1. The van der Waals surface area contributed by atoms with E-state index < -0.39 is 0 Å². The van der Waals surface area contributed by atoms with Crippen LogP contribution in [-0.4, -0.2) is 33.0 Å². The molecule has 0 radical (unpaired) electrons. The summed E-state index contributed by atoms with van der Waals surface area (Å²) in [6.07, 6.45) is 3.45. The minimum atomic E-state index is -0.104. The summed E-state index contributed by atoms with van der Waals surface area (Å²) in [5.41, 5.74) is 0.988. The smallest absolute Gasteiger partial charge is 0.222 e. The lowest BCUT2D eigenvalue weighted by Crippen LogP contribution is -2.42. The highest BCUT2D eigenvalue weighted by molar-refractivity contribution is 7.09. The summed E-state index contributed by atoms with van der Waals surface area (Å²) in [5.74, 6) is 0.133. The van der Waals surface area contributed by atoms with Gasteiger partial charge in [-0.25, -0.2) is 0 Å². The van der Waals surface area contributed by atoms with Crippen LogP contribution in [-0.2, 0) is 22.7 Å². The quantitative estimate of drug-likeness (QED) is 0.873. The van der Waals surface area contributed by atoms with Gasteiger partial charge in [0.05, 0.1) is 31.2 Å². The molecule has 0 aliphatic carbocycles. The minimum Gasteiger partial charge on any atom is -0.351 e. The van der Waals surface area contributed by atoms with Crippen molar-refractivity contribution >= 4 is 23.2 Å². The van der Waals surface area contributed by atoms with Gasteiger partial charge in [0, 0.05) is 24.0 Å². The maximum Gasteiger partial charge on any atom is 0.222 e. The van der Waals surface area contributed by atoms with Gasteiger partial charge in [0.25, 0.3) is 0 Å². The van der Waals surface area contributed by atoms with Gasteiger partial charge in [0.2, 0.25) is 11.8 Å². The van der Waals surface area contributed by atoms with Gasteiger partial charge in [0.15, 0.2) is 0 Å². The van der Waals surface area contributed by atoms with Gasteiger partial charge < -0.3 is 10.2 Å². The average molecular weight is 346 g/mol. The average Bonchev–Trinajstić information content (AvgIpc) is 3.24. The Bertz CT molecular complexity index is 695. The van der Waals surface area contributed by atoms with Gasteiger partial charge in [-0.05, 0) is 23.9 Å². The van der Waals surface area contributed by atoms with Crippen LogP contribution < -0.4 is 5.32 Å². The summed E-state index contributed by atoms with van der Waals surface area (Å²) in [4.78, 5) is 27.5. The highest BCUT2D eigenvalue weighted by Gasteiger charge is 2.29. The van der Waals surface area contributed by atoms with E-state index in [-0.39, 0.29) is 17.9 Å². The monoisotopic (exact) mass is 346 g/mol. The first-order valence-corrected chi connectivity index (χ1v) is 9.14. The lowest BCUT2D eigenvalue weighted by Gasteiger charge is -2.33. The number of carbonyl (C=O) groups excluding carboxylic acids is 2. The first-order valence-electron chi connectivity index (χ1n) is 8.26. The minimum absolute atomic E-state index is 0.0142. The number of rotatable bonds is 6. The molecule has 0 bridgehead atoms. The van der Waals surface area contributed by atoms with Gasteiger partial charge in [0.1, 0.15) is 0 Å². The fraction of sp³-hybridized carbons (Fsp3) is 0.471. The Balaban J connectivity index is 1.63. The second kappa shape index (κ2) is 7.61. The van der Waals surface area contributed by atoms with E-state index in [1.807, 2.05) is 40.1 Å². The third-order valence-corrected chi connectivity index (χ3v) is 5.04. The van der Waals surface area contributed by atoms with Crippen molar-refractivity contribution < 1.29 is 9.59 Å². The molecule has 2 amide bonds. The molecule has 1 aliphatic heterocycles. The molecule has 0 aromatic carbocycles. The molecule has 0 unspecified atom stereocenters. The fourth-order valence-corrected chi connectivity index (χ4v) is 3.63. The van der Waals surface area contributed by atoms with Gasteiger partial charge in [-0.3, -0.25) is 14.3 Å². The predicted molar refractivity (Wildman–Crippen MR) is 92.4 cm³/mol. The molecule has 1 N–H and O–H groups in total. The third-order valence-electron chi connectivity index (χ3n) is 4.16. The Morgan fingerprint density at radius 2 is 2.29 bits per heavy atom. The summed E-state index contributed by atoms with van der Waals surface area (Å²) in [5, 5.41) is 9.29. The van der Waals surface area contributed by atoms with Crippen LogP contribution in [0.2, 0.25) is 0 Å². The van der Waals surface area contributed by atoms with Crippen molar-refractivity contribution in [3.8, 4) is 0 Å². The molecular weight excluding hydrogens is 324 g/mol. The van der Waals surface area contributed by atoms with Crippen LogP contribution in [0, 0.1) is 0 Å². The number of hydrogen-bond acceptors (Lipinski definition) is 4. The van der Waals surface area contributed by atoms with Crippen LogP contribution in [0.15, 0.2) is 29.8 Å². The zero-order valence-corrected chi connectivity index (χ0v) is 14.6. The lowest BCUT2D eigenvalue weighted by atomic mass is 10.1. The number of carbonyl (C=O) groups is 2. The predicted octanol–water partition coefficient (Wildman–Crippen LogP) is 2.33. The molecule has 0 fully saturated rings. The van der Waals surface area contributed by atoms with Crippen LogP contribution >= 0.6 is 11.3 Å². The van der Waals surface area contributed by atoms with E-state index in [0.29, 0.717) is 32.5 Å². The summed E-state index contributed by atoms with van der Waals surface area (Å²) in [6, 6.07) is 5.79. The van der Waals surface area contributed by atoms with Crippen molar-refractivity contribution in [3.63, 3.8) is 0 Å². The maximum atomic E-state index is 12.3. The van der Waals surface area contributed by atoms with Crippen molar-refractivity contribution in [2.24, 2.45) is 0 Å². The Hall–Kier alpha value is -2.15. The summed E-state index contributed by atoms with van der Waals surface area (Å²) >= 11 is 1.63. The topological polar surface area (TPSA) is 67.2 Å². The molecule has 3 rings (SSSR count). The van der Waals surface area contributed by atoms with E-state index in [1.54, 1.807) is 17.5 Å². The molecule has 2 aromatic rings. The number of amides is 2. The fourth-order valence-electron chi connectivity index (χ4n) is 2.99. The van der Waals surface area contributed by atoms with Crippen LogP contribution in [0.1, 0.15) is 42.8 Å². The molecule has 1 aliphatic rings. The lowest BCUT2D eigenvalue weighted by molar-refractivity contribution is -0.134. The molecule has 1 atom stereocenters. The van der Waals surface area contributed by atoms with Crippen molar-refractivity contribution in [2.75, 3.05) is 6.54 Å². The summed E-state index contributed by atoms with van der Waals surface area (Å²) < 4.78 is 1.89. The number of thiophene rings is 1. The highest BCUT2D eigenvalue weighted by atomic mass is 32.1. The Labute approximate surface area is 145 Å². The zero-order valence-electron chi connectivity index (χ0n) is 13.8. The van der Waals surface area contributed by atoms with Gasteiger partial charge in [-0.1, -0.05) is 13.0 Å². The molecule has 0 saturated heterocycles. The second-order valence-electron chi connectivity index (χ2n) is 6.01. The van der Waals surface area contributed by atoms with Crippen LogP contribution in [0.5, 0.6) is 0 Å². The van der Waals surface area contributed by atoms with E-state index in [9.17, 15) is 9.59 Å². The van der Waals surface area contributed by atoms with Crippen molar-refractivity contribution in [2.45, 2.75) is 45.3 Å². The second-order valence-corrected chi connectivity index (χ2v) is 7.04. The molecule has 0 saturated carbocycles. The third kappa shape index (κ3) is 3.84. The molecule has 24 heavy (non-hydrogen) atoms. The molecule has 7 heteroatoms. The highest BCUT2D eigenvalue weighted by Crippen LogP contribution is 2.23. The van der Waals surface area contributed by atoms with Crippen LogP contribution in [0.25, 0.3) is 0 Å². The molecule has 2 aromatic heterocycles. The van der Waals surface area contributed by atoms with E-state index in [1.165, 1.54) is 0 Å². The van der Waals surface area contributed by atoms with Crippen molar-refractivity contribution in [3.05, 3.63) is 40.3 Å². The standard InChI is InChI=1S/C17H22N4O2S/c1-2-4-17(23)20-11-13-6-7-19-21(13)14(12-20)9-16(22)18-10-15-5-3-8-24-15/h3,5-8,14H,2,4,9-12H2,1H3,(H,18,22)/t14-/m0/s1. The van der Waals surface area contributed by atoms with Gasteiger partial charge in [-0.2, -0.15) is 5.10 Å². The van der Waals surface area contributed by atoms with E-state index in [0.717, 1.165) is 17.0 Å². The first kappa shape index (κ1) is 16.7.